The van der Waals surface area contributed by atoms with Gasteiger partial charge in [-0.2, -0.15) is 18.2 Å². The zero-order valence-corrected chi connectivity index (χ0v) is 15.6. The Labute approximate surface area is 165 Å². The molecule has 1 aliphatic rings. The number of hydrogen-bond acceptors (Lipinski definition) is 4. The summed E-state index contributed by atoms with van der Waals surface area (Å²) in [5.41, 5.74) is 1.53. The molecule has 1 aromatic heterocycles. The van der Waals surface area contributed by atoms with Crippen molar-refractivity contribution in [1.29, 1.82) is 0 Å². The summed E-state index contributed by atoms with van der Waals surface area (Å²) in [6, 6.07) is 12.6. The summed E-state index contributed by atoms with van der Waals surface area (Å²) >= 11 is 0. The lowest BCUT2D eigenvalue weighted by Gasteiger charge is -2.37. The highest BCUT2D eigenvalue weighted by molar-refractivity contribution is 5.79. The van der Waals surface area contributed by atoms with Crippen molar-refractivity contribution in [3.63, 3.8) is 0 Å². The number of carbonyl (C=O) groups is 1. The lowest BCUT2D eigenvalue weighted by molar-refractivity contribution is -0.137. The second-order valence-electron chi connectivity index (χ2n) is 7.20. The Morgan fingerprint density at radius 3 is 2.66 bits per heavy atom. The Morgan fingerprint density at radius 1 is 1.17 bits per heavy atom. The predicted molar refractivity (Wildman–Crippen MR) is 98.9 cm³/mol. The third-order valence-electron chi connectivity index (χ3n) is 4.91. The van der Waals surface area contributed by atoms with Crippen molar-refractivity contribution < 1.29 is 22.5 Å². The molecule has 8 heteroatoms. The molecule has 0 N–H and O–H groups in total. The minimum absolute atomic E-state index is 0.0180. The molecule has 0 saturated carbocycles. The van der Waals surface area contributed by atoms with E-state index in [0.717, 1.165) is 23.3 Å². The molecule has 3 aromatic rings. The second kappa shape index (κ2) is 7.35. The quantitative estimate of drug-likeness (QED) is 0.656. The first-order valence-corrected chi connectivity index (χ1v) is 9.14. The van der Waals surface area contributed by atoms with Crippen LogP contribution in [0.2, 0.25) is 0 Å². The van der Waals surface area contributed by atoms with E-state index in [9.17, 15) is 18.0 Å². The Bertz CT molecular complexity index is 1040. The standard InChI is InChI=1S/C21H18F3N3O2/c1-13-4-2-5-14(8-13)9-18(28)27-11-16(12-27)20-25-19(26-29-20)15-6-3-7-17(10-15)21(22,23)24/h2-8,10,16H,9,11-12H2,1H3. The maximum Gasteiger partial charge on any atom is 0.416 e. The van der Waals surface area contributed by atoms with E-state index in [1.807, 2.05) is 31.2 Å². The number of aryl methyl sites for hydroxylation is 1. The van der Waals surface area contributed by atoms with Gasteiger partial charge < -0.3 is 9.42 Å². The fourth-order valence-corrected chi connectivity index (χ4v) is 3.30. The molecule has 1 aliphatic heterocycles. The van der Waals surface area contributed by atoms with Crippen LogP contribution in [0, 0.1) is 6.92 Å². The van der Waals surface area contributed by atoms with Gasteiger partial charge in [0.05, 0.1) is 17.9 Å². The van der Waals surface area contributed by atoms with Gasteiger partial charge in [-0.1, -0.05) is 47.1 Å². The number of likely N-dealkylation sites (tertiary alicyclic amines) is 1. The number of hydrogen-bond donors (Lipinski definition) is 0. The van der Waals surface area contributed by atoms with Gasteiger partial charge in [0, 0.05) is 18.7 Å². The van der Waals surface area contributed by atoms with Gasteiger partial charge in [0.15, 0.2) is 0 Å². The van der Waals surface area contributed by atoms with Gasteiger partial charge in [-0.05, 0) is 24.6 Å². The molecule has 0 spiro atoms. The van der Waals surface area contributed by atoms with Crippen LogP contribution in [0.4, 0.5) is 13.2 Å². The van der Waals surface area contributed by atoms with Gasteiger partial charge in [-0.25, -0.2) is 0 Å². The van der Waals surface area contributed by atoms with Gasteiger partial charge in [0.2, 0.25) is 17.6 Å². The van der Waals surface area contributed by atoms with Crippen molar-refractivity contribution in [3.8, 4) is 11.4 Å². The molecule has 1 saturated heterocycles. The molecule has 2 heterocycles. The number of nitrogens with zero attached hydrogens (tertiary/aromatic N) is 3. The maximum absolute atomic E-state index is 12.9. The van der Waals surface area contributed by atoms with E-state index in [1.54, 1.807) is 4.90 Å². The average molecular weight is 401 g/mol. The number of carbonyl (C=O) groups excluding carboxylic acids is 1. The molecule has 2 aromatic carbocycles. The summed E-state index contributed by atoms with van der Waals surface area (Å²) in [5, 5.41) is 3.80. The molecule has 29 heavy (non-hydrogen) atoms. The smallest absolute Gasteiger partial charge is 0.341 e. The van der Waals surface area contributed by atoms with E-state index in [1.165, 1.54) is 12.1 Å². The highest BCUT2D eigenvalue weighted by atomic mass is 19.4. The molecule has 0 unspecified atom stereocenters. The third kappa shape index (κ3) is 4.16. The molecule has 0 radical (unpaired) electrons. The van der Waals surface area contributed by atoms with Crippen molar-refractivity contribution >= 4 is 5.91 Å². The molecule has 150 valence electrons. The van der Waals surface area contributed by atoms with E-state index in [0.29, 0.717) is 25.4 Å². The van der Waals surface area contributed by atoms with Crippen LogP contribution >= 0.6 is 0 Å². The zero-order chi connectivity index (χ0) is 20.6. The number of halogens is 3. The molecule has 5 nitrogen and oxygen atoms in total. The SMILES string of the molecule is Cc1cccc(CC(=O)N2CC(c3nc(-c4cccc(C(F)(F)F)c4)no3)C2)c1. The monoisotopic (exact) mass is 401 g/mol. The van der Waals surface area contributed by atoms with Crippen LogP contribution in [-0.2, 0) is 17.4 Å². The molecule has 0 bridgehead atoms. The number of amides is 1. The van der Waals surface area contributed by atoms with Crippen molar-refractivity contribution in [2.45, 2.75) is 25.4 Å². The molecule has 1 fully saturated rings. The van der Waals surface area contributed by atoms with E-state index in [2.05, 4.69) is 10.1 Å². The first-order valence-electron chi connectivity index (χ1n) is 9.14. The Balaban J connectivity index is 1.39. The first kappa shape index (κ1) is 19.2. The summed E-state index contributed by atoms with van der Waals surface area (Å²) < 4.78 is 43.9. The highest BCUT2D eigenvalue weighted by Gasteiger charge is 2.36. The molecule has 1 amide bonds. The lowest BCUT2D eigenvalue weighted by Crippen LogP contribution is -2.49. The first-order chi connectivity index (χ1) is 13.8. The van der Waals surface area contributed by atoms with E-state index < -0.39 is 11.7 Å². The predicted octanol–water partition coefficient (Wildman–Crippen LogP) is 4.23. The fourth-order valence-electron chi connectivity index (χ4n) is 3.30. The van der Waals surface area contributed by atoms with Gasteiger partial charge in [0.1, 0.15) is 0 Å². The average Bonchev–Trinajstić information content (AvgIpc) is 3.09. The lowest BCUT2D eigenvalue weighted by atomic mass is 9.98. The zero-order valence-electron chi connectivity index (χ0n) is 15.6. The fraction of sp³-hybridized carbons (Fsp3) is 0.286. The number of rotatable bonds is 4. The third-order valence-corrected chi connectivity index (χ3v) is 4.91. The minimum atomic E-state index is -4.44. The normalized spacial score (nSPS) is 14.7. The van der Waals surface area contributed by atoms with E-state index >= 15 is 0 Å². The van der Waals surface area contributed by atoms with Crippen LogP contribution in [-0.4, -0.2) is 34.0 Å². The second-order valence-corrected chi connectivity index (χ2v) is 7.20. The number of benzene rings is 2. The Kier molecular flexibility index (Phi) is 4.86. The van der Waals surface area contributed by atoms with Crippen molar-refractivity contribution in [2.24, 2.45) is 0 Å². The summed E-state index contributed by atoms with van der Waals surface area (Å²) in [6.45, 7) is 2.88. The largest absolute Gasteiger partial charge is 0.416 e. The van der Waals surface area contributed by atoms with Gasteiger partial charge in [-0.15, -0.1) is 0 Å². The van der Waals surface area contributed by atoms with Crippen LogP contribution in [0.3, 0.4) is 0 Å². The number of alkyl halides is 3. The summed E-state index contributed by atoms with van der Waals surface area (Å²) in [6.07, 6.45) is -4.11. The Hall–Kier alpha value is -3.16. The van der Waals surface area contributed by atoms with Crippen molar-refractivity contribution in [3.05, 3.63) is 71.1 Å². The van der Waals surface area contributed by atoms with Gasteiger partial charge >= 0.3 is 6.18 Å². The van der Waals surface area contributed by atoms with E-state index in [-0.39, 0.29) is 23.2 Å². The van der Waals surface area contributed by atoms with Crippen LogP contribution in [0.15, 0.2) is 53.1 Å². The minimum Gasteiger partial charge on any atom is -0.341 e. The molecule has 4 rings (SSSR count). The maximum atomic E-state index is 12.9. The van der Waals surface area contributed by atoms with Crippen LogP contribution in [0.1, 0.15) is 28.5 Å². The summed E-state index contributed by atoms with van der Waals surface area (Å²) in [4.78, 5) is 18.3. The number of aromatic nitrogens is 2. The molecular formula is C21H18F3N3O2. The highest BCUT2D eigenvalue weighted by Crippen LogP contribution is 2.32. The molecule has 0 aliphatic carbocycles. The summed E-state index contributed by atoms with van der Waals surface area (Å²) in [5.74, 6) is 0.348. The van der Waals surface area contributed by atoms with Crippen molar-refractivity contribution in [1.82, 2.24) is 15.0 Å². The van der Waals surface area contributed by atoms with Crippen LogP contribution in [0.25, 0.3) is 11.4 Å². The topological polar surface area (TPSA) is 59.2 Å². The van der Waals surface area contributed by atoms with E-state index in [4.69, 9.17) is 4.52 Å². The summed E-state index contributed by atoms with van der Waals surface area (Å²) in [7, 11) is 0. The Morgan fingerprint density at radius 2 is 1.93 bits per heavy atom. The van der Waals surface area contributed by atoms with Crippen LogP contribution in [0.5, 0.6) is 0 Å². The van der Waals surface area contributed by atoms with Gasteiger partial charge in [0.25, 0.3) is 0 Å². The van der Waals surface area contributed by atoms with Crippen LogP contribution < -0.4 is 0 Å². The van der Waals surface area contributed by atoms with Gasteiger partial charge in [-0.3, -0.25) is 4.79 Å². The molecular weight excluding hydrogens is 383 g/mol. The molecule has 0 atom stereocenters. The van der Waals surface area contributed by atoms with Crippen molar-refractivity contribution in [2.75, 3.05) is 13.1 Å².